The summed E-state index contributed by atoms with van der Waals surface area (Å²) < 4.78 is 0. The normalized spacial score (nSPS) is 8.00. The molecule has 1 aromatic rings. The van der Waals surface area contributed by atoms with E-state index < -0.39 is 5.97 Å². The van der Waals surface area contributed by atoms with E-state index in [1.807, 2.05) is 0 Å². The maximum Gasteiger partial charge on any atom is 0.311 e. The Balaban J connectivity index is 0.000000810. The summed E-state index contributed by atoms with van der Waals surface area (Å²) in [6.07, 6.45) is 0. The standard InChI is InChI=1S/C7H5O2.Fe/c8-7(9)6-4-2-1-3-5-6;/h2-5H,(H,8,9);/q-1;. The van der Waals surface area contributed by atoms with Crippen LogP contribution >= 0.6 is 0 Å². The third-order valence-electron chi connectivity index (χ3n) is 0.965. The summed E-state index contributed by atoms with van der Waals surface area (Å²) in [5, 5.41) is 8.37. The van der Waals surface area contributed by atoms with Crippen LogP contribution in [0.3, 0.4) is 0 Å². The molecule has 0 amide bonds. The number of carbonyl (C=O) groups is 1. The molecule has 0 heterocycles. The zero-order valence-electron chi connectivity index (χ0n) is 5.02. The molecule has 0 spiro atoms. The van der Waals surface area contributed by atoms with Gasteiger partial charge in [-0.3, -0.25) is 0 Å². The Morgan fingerprint density at radius 2 is 1.90 bits per heavy atom. The van der Waals surface area contributed by atoms with Crippen LogP contribution in [0.4, 0.5) is 0 Å². The van der Waals surface area contributed by atoms with E-state index in [9.17, 15) is 4.79 Å². The van der Waals surface area contributed by atoms with Gasteiger partial charge in [0.1, 0.15) is 0 Å². The molecule has 1 aromatic carbocycles. The third-order valence-corrected chi connectivity index (χ3v) is 0.965. The first-order chi connectivity index (χ1) is 4.30. The first-order valence-corrected chi connectivity index (χ1v) is 2.50. The van der Waals surface area contributed by atoms with E-state index in [1.165, 1.54) is 12.1 Å². The van der Waals surface area contributed by atoms with Crippen LogP contribution < -0.4 is 0 Å². The van der Waals surface area contributed by atoms with Crippen LogP contribution in [0.2, 0.25) is 0 Å². The van der Waals surface area contributed by atoms with Gasteiger partial charge in [-0.25, -0.2) is 4.79 Å². The van der Waals surface area contributed by atoms with E-state index in [-0.39, 0.29) is 17.1 Å². The largest absolute Gasteiger partial charge is 0.479 e. The Hall–Kier alpha value is -0.791. The fraction of sp³-hybridized carbons (Fsp3) is 0. The van der Waals surface area contributed by atoms with Crippen molar-refractivity contribution in [2.45, 2.75) is 0 Å². The molecule has 0 unspecified atom stereocenters. The van der Waals surface area contributed by atoms with Gasteiger partial charge in [0.25, 0.3) is 0 Å². The van der Waals surface area contributed by atoms with Crippen molar-refractivity contribution in [3.8, 4) is 0 Å². The number of hydrogen-bond acceptors (Lipinski definition) is 1. The van der Waals surface area contributed by atoms with E-state index in [4.69, 9.17) is 5.11 Å². The van der Waals surface area contributed by atoms with Gasteiger partial charge in [0, 0.05) is 17.1 Å². The first-order valence-electron chi connectivity index (χ1n) is 2.50. The summed E-state index contributed by atoms with van der Waals surface area (Å²) >= 11 is 0. The van der Waals surface area contributed by atoms with E-state index in [1.54, 1.807) is 12.1 Å². The van der Waals surface area contributed by atoms with Crippen LogP contribution in [0.15, 0.2) is 24.3 Å². The van der Waals surface area contributed by atoms with Crippen molar-refractivity contribution in [3.05, 3.63) is 35.9 Å². The minimum atomic E-state index is -0.899. The van der Waals surface area contributed by atoms with E-state index in [0.717, 1.165) is 0 Å². The van der Waals surface area contributed by atoms with Gasteiger partial charge in [-0.1, -0.05) is 0 Å². The second-order valence-corrected chi connectivity index (χ2v) is 1.59. The SMILES string of the molecule is O=C(O)c1cc[c-]cc1.[Fe]. The molecule has 3 heteroatoms. The van der Waals surface area contributed by atoms with Gasteiger partial charge in [0.15, 0.2) is 0 Å². The van der Waals surface area contributed by atoms with Crippen LogP contribution in [-0.2, 0) is 17.1 Å². The van der Waals surface area contributed by atoms with Gasteiger partial charge in [0.05, 0.1) is 0 Å². The summed E-state index contributed by atoms with van der Waals surface area (Å²) in [4.78, 5) is 10.2. The monoisotopic (exact) mass is 177 g/mol. The van der Waals surface area contributed by atoms with E-state index in [0.29, 0.717) is 5.56 Å². The zero-order chi connectivity index (χ0) is 6.69. The van der Waals surface area contributed by atoms with Crippen LogP contribution in [-0.4, -0.2) is 11.1 Å². The number of rotatable bonds is 1. The first kappa shape index (κ1) is 9.21. The number of hydrogen-bond donors (Lipinski definition) is 1. The molecule has 0 aliphatic heterocycles. The number of carboxylic acids is 1. The Labute approximate surface area is 69.3 Å². The summed E-state index contributed by atoms with van der Waals surface area (Å²) in [7, 11) is 0. The van der Waals surface area contributed by atoms with Gasteiger partial charge >= 0.3 is 5.97 Å². The molecule has 1 N–H and O–H groups in total. The molecule has 0 aliphatic rings. The summed E-state index contributed by atoms with van der Waals surface area (Å²) in [6.45, 7) is 0. The second kappa shape index (κ2) is 4.09. The third kappa shape index (κ3) is 2.21. The summed E-state index contributed by atoms with van der Waals surface area (Å²) in [5.74, 6) is -0.899. The Bertz CT molecular complexity index is 208. The second-order valence-electron chi connectivity index (χ2n) is 1.59. The molecule has 54 valence electrons. The van der Waals surface area contributed by atoms with Gasteiger partial charge in [0.2, 0.25) is 0 Å². The van der Waals surface area contributed by atoms with E-state index in [2.05, 4.69) is 6.07 Å². The number of benzene rings is 1. The molecule has 10 heavy (non-hydrogen) atoms. The predicted octanol–water partition coefficient (Wildman–Crippen LogP) is 1.18. The smallest absolute Gasteiger partial charge is 0.311 e. The average Bonchev–Trinajstić information content (AvgIpc) is 1.90. The van der Waals surface area contributed by atoms with Crippen molar-refractivity contribution in [2.75, 3.05) is 0 Å². The Morgan fingerprint density at radius 1 is 1.40 bits per heavy atom. The number of carboxylic acid groups (broad SMARTS) is 1. The van der Waals surface area contributed by atoms with Crippen molar-refractivity contribution >= 4 is 5.97 Å². The average molecular weight is 177 g/mol. The molecule has 0 aliphatic carbocycles. The Morgan fingerprint density at radius 3 is 2.20 bits per heavy atom. The maximum atomic E-state index is 10.2. The molecule has 1 rings (SSSR count). The maximum absolute atomic E-state index is 10.2. The fourth-order valence-corrected chi connectivity index (χ4v) is 0.529. The Kier molecular flexibility index (Phi) is 3.77. The van der Waals surface area contributed by atoms with Crippen molar-refractivity contribution in [3.63, 3.8) is 0 Å². The molecule has 0 radical (unpaired) electrons. The molecule has 0 atom stereocenters. The minimum Gasteiger partial charge on any atom is -0.479 e. The van der Waals surface area contributed by atoms with Crippen molar-refractivity contribution in [2.24, 2.45) is 0 Å². The van der Waals surface area contributed by atoms with Gasteiger partial charge in [-0.05, 0) is 5.56 Å². The van der Waals surface area contributed by atoms with Crippen molar-refractivity contribution < 1.29 is 27.0 Å². The summed E-state index contributed by atoms with van der Waals surface area (Å²) in [5.41, 5.74) is 0.300. The quantitative estimate of drug-likeness (QED) is 0.516. The van der Waals surface area contributed by atoms with Gasteiger partial charge < -0.3 is 5.11 Å². The molecule has 2 nitrogen and oxygen atoms in total. The predicted molar refractivity (Wildman–Crippen MR) is 32.2 cm³/mol. The molecule has 0 fully saturated rings. The topological polar surface area (TPSA) is 37.3 Å². The van der Waals surface area contributed by atoms with Crippen LogP contribution in [0, 0.1) is 6.07 Å². The van der Waals surface area contributed by atoms with Crippen LogP contribution in [0.5, 0.6) is 0 Å². The molecule has 0 aromatic heterocycles. The number of aromatic carboxylic acids is 1. The van der Waals surface area contributed by atoms with Crippen molar-refractivity contribution in [1.82, 2.24) is 0 Å². The molecule has 0 bridgehead atoms. The molecular weight excluding hydrogens is 172 g/mol. The minimum absolute atomic E-state index is 0. The van der Waals surface area contributed by atoms with Crippen molar-refractivity contribution in [1.29, 1.82) is 0 Å². The molecular formula is C7H5FeO2-. The molecule has 0 saturated heterocycles. The summed E-state index contributed by atoms with van der Waals surface area (Å²) in [6, 6.07) is 8.87. The zero-order valence-corrected chi connectivity index (χ0v) is 6.12. The van der Waals surface area contributed by atoms with Crippen LogP contribution in [0.25, 0.3) is 0 Å². The van der Waals surface area contributed by atoms with Gasteiger partial charge in [-0.2, -0.15) is 30.3 Å². The van der Waals surface area contributed by atoms with Gasteiger partial charge in [-0.15, -0.1) is 0 Å². The molecule has 0 saturated carbocycles. The van der Waals surface area contributed by atoms with E-state index >= 15 is 0 Å². The fourth-order valence-electron chi connectivity index (χ4n) is 0.529. The van der Waals surface area contributed by atoms with Crippen LogP contribution in [0.1, 0.15) is 10.4 Å².